The molecular formula is C18H16ClN5. The van der Waals surface area contributed by atoms with Crippen molar-refractivity contribution in [3.05, 3.63) is 64.7 Å². The SMILES string of the molecule is Cc1nc(CCc2nc3c4cccnc4ccn3c2C)ncc1Cl. The van der Waals surface area contributed by atoms with E-state index in [4.69, 9.17) is 16.6 Å². The van der Waals surface area contributed by atoms with Crippen molar-refractivity contribution in [2.24, 2.45) is 0 Å². The highest BCUT2D eigenvalue weighted by Gasteiger charge is 2.12. The molecule has 0 radical (unpaired) electrons. The van der Waals surface area contributed by atoms with E-state index in [1.165, 1.54) is 0 Å². The number of rotatable bonds is 3. The molecule has 4 rings (SSSR count). The molecule has 0 unspecified atom stereocenters. The highest BCUT2D eigenvalue weighted by molar-refractivity contribution is 6.31. The number of imidazole rings is 1. The van der Waals surface area contributed by atoms with E-state index in [2.05, 4.69) is 32.3 Å². The molecule has 0 aliphatic heterocycles. The molecule has 0 bridgehead atoms. The molecule has 24 heavy (non-hydrogen) atoms. The topological polar surface area (TPSA) is 56.0 Å². The van der Waals surface area contributed by atoms with E-state index in [1.54, 1.807) is 12.4 Å². The van der Waals surface area contributed by atoms with E-state index in [-0.39, 0.29) is 0 Å². The van der Waals surface area contributed by atoms with Crippen LogP contribution in [0.5, 0.6) is 0 Å². The van der Waals surface area contributed by atoms with Gasteiger partial charge in [-0.3, -0.25) is 4.98 Å². The average molecular weight is 338 g/mol. The Morgan fingerprint density at radius 3 is 2.79 bits per heavy atom. The third kappa shape index (κ3) is 2.51. The maximum atomic E-state index is 5.99. The highest BCUT2D eigenvalue weighted by Crippen LogP contribution is 2.21. The molecule has 120 valence electrons. The number of pyridine rings is 2. The molecule has 0 fully saturated rings. The molecule has 0 N–H and O–H groups in total. The average Bonchev–Trinajstić information content (AvgIpc) is 2.92. The standard InChI is InChI=1S/C18H16ClN5/c1-11-14(19)10-21-17(22-11)6-5-15-12(2)24-9-7-16-13(18(24)23-15)4-3-8-20-16/h3-4,7-10H,5-6H2,1-2H3. The van der Waals surface area contributed by atoms with Crippen molar-refractivity contribution in [3.8, 4) is 0 Å². The Hall–Kier alpha value is -2.53. The maximum Gasteiger partial charge on any atom is 0.146 e. The molecule has 4 aromatic rings. The van der Waals surface area contributed by atoms with Gasteiger partial charge in [0.1, 0.15) is 11.5 Å². The second-order valence-corrected chi connectivity index (χ2v) is 6.22. The number of halogens is 1. The van der Waals surface area contributed by atoms with E-state index in [0.717, 1.165) is 52.3 Å². The highest BCUT2D eigenvalue weighted by atomic mass is 35.5. The second kappa shape index (κ2) is 5.83. The molecular weight excluding hydrogens is 322 g/mol. The first kappa shape index (κ1) is 15.0. The van der Waals surface area contributed by atoms with E-state index >= 15 is 0 Å². The summed E-state index contributed by atoms with van der Waals surface area (Å²) in [5.41, 5.74) is 4.91. The summed E-state index contributed by atoms with van der Waals surface area (Å²) < 4.78 is 2.12. The van der Waals surface area contributed by atoms with Crippen molar-refractivity contribution in [2.45, 2.75) is 26.7 Å². The van der Waals surface area contributed by atoms with E-state index in [9.17, 15) is 0 Å². The van der Waals surface area contributed by atoms with Gasteiger partial charge in [-0.15, -0.1) is 0 Å². The lowest BCUT2D eigenvalue weighted by molar-refractivity contribution is 0.826. The van der Waals surface area contributed by atoms with Crippen molar-refractivity contribution in [2.75, 3.05) is 0 Å². The van der Waals surface area contributed by atoms with Crippen LogP contribution >= 0.6 is 11.6 Å². The van der Waals surface area contributed by atoms with Crippen LogP contribution in [0.4, 0.5) is 0 Å². The molecule has 6 heteroatoms. The molecule has 0 amide bonds. The maximum absolute atomic E-state index is 5.99. The van der Waals surface area contributed by atoms with Crippen LogP contribution < -0.4 is 0 Å². The summed E-state index contributed by atoms with van der Waals surface area (Å²) in [5, 5.41) is 1.66. The fraction of sp³-hybridized carbons (Fsp3) is 0.222. The summed E-state index contributed by atoms with van der Waals surface area (Å²) in [4.78, 5) is 18.0. The van der Waals surface area contributed by atoms with Crippen molar-refractivity contribution in [1.29, 1.82) is 0 Å². The van der Waals surface area contributed by atoms with Crippen LogP contribution in [0, 0.1) is 13.8 Å². The summed E-state index contributed by atoms with van der Waals surface area (Å²) in [5.74, 6) is 0.792. The monoisotopic (exact) mass is 337 g/mol. The zero-order chi connectivity index (χ0) is 16.7. The van der Waals surface area contributed by atoms with Gasteiger partial charge in [-0.05, 0) is 38.5 Å². The molecule has 5 nitrogen and oxygen atoms in total. The van der Waals surface area contributed by atoms with E-state index < -0.39 is 0 Å². The van der Waals surface area contributed by atoms with Crippen molar-refractivity contribution in [3.63, 3.8) is 0 Å². The molecule has 0 atom stereocenters. The van der Waals surface area contributed by atoms with Crippen LogP contribution in [0.2, 0.25) is 5.02 Å². The van der Waals surface area contributed by atoms with Gasteiger partial charge >= 0.3 is 0 Å². The molecule has 0 aromatic carbocycles. The molecule has 4 heterocycles. The van der Waals surface area contributed by atoms with Crippen LogP contribution in [-0.4, -0.2) is 24.3 Å². The van der Waals surface area contributed by atoms with Gasteiger partial charge in [0, 0.05) is 36.1 Å². The first-order valence-corrected chi connectivity index (χ1v) is 8.20. The molecule has 0 aliphatic carbocycles. The lowest BCUT2D eigenvalue weighted by atomic mass is 10.2. The van der Waals surface area contributed by atoms with Gasteiger partial charge in [0.05, 0.1) is 21.9 Å². The number of nitrogens with zero attached hydrogens (tertiary/aromatic N) is 5. The molecule has 0 saturated heterocycles. The van der Waals surface area contributed by atoms with Gasteiger partial charge in [-0.2, -0.15) is 0 Å². The summed E-state index contributed by atoms with van der Waals surface area (Å²) >= 11 is 5.99. The lowest BCUT2D eigenvalue weighted by Crippen LogP contribution is -2.01. The Morgan fingerprint density at radius 2 is 1.96 bits per heavy atom. The van der Waals surface area contributed by atoms with Gasteiger partial charge in [-0.1, -0.05) is 11.6 Å². The Bertz CT molecular complexity index is 1050. The Morgan fingerprint density at radius 1 is 1.08 bits per heavy atom. The predicted molar refractivity (Wildman–Crippen MR) is 94.4 cm³/mol. The molecule has 0 spiro atoms. The minimum Gasteiger partial charge on any atom is -0.303 e. The zero-order valence-corrected chi connectivity index (χ0v) is 14.2. The third-order valence-electron chi connectivity index (χ3n) is 4.26. The van der Waals surface area contributed by atoms with Gasteiger partial charge < -0.3 is 4.40 Å². The van der Waals surface area contributed by atoms with E-state index in [0.29, 0.717) is 5.02 Å². The Kier molecular flexibility index (Phi) is 3.65. The number of aryl methyl sites for hydroxylation is 4. The van der Waals surface area contributed by atoms with Crippen molar-refractivity contribution in [1.82, 2.24) is 24.3 Å². The first-order chi connectivity index (χ1) is 11.6. The van der Waals surface area contributed by atoms with Crippen LogP contribution in [0.15, 0.2) is 36.8 Å². The van der Waals surface area contributed by atoms with Gasteiger partial charge in [0.25, 0.3) is 0 Å². The number of aromatic nitrogens is 5. The Balaban J connectivity index is 1.70. The molecule has 0 saturated carbocycles. The fourth-order valence-corrected chi connectivity index (χ4v) is 3.00. The van der Waals surface area contributed by atoms with Crippen LogP contribution in [0.25, 0.3) is 16.6 Å². The minimum atomic E-state index is 0.599. The second-order valence-electron chi connectivity index (χ2n) is 5.81. The summed E-state index contributed by atoms with van der Waals surface area (Å²) in [7, 11) is 0. The molecule has 4 aromatic heterocycles. The normalized spacial score (nSPS) is 11.5. The first-order valence-electron chi connectivity index (χ1n) is 7.83. The quantitative estimate of drug-likeness (QED) is 0.571. The van der Waals surface area contributed by atoms with Crippen molar-refractivity contribution < 1.29 is 0 Å². The van der Waals surface area contributed by atoms with Crippen LogP contribution in [-0.2, 0) is 12.8 Å². The third-order valence-corrected chi connectivity index (χ3v) is 4.63. The summed E-state index contributed by atoms with van der Waals surface area (Å²) in [6.07, 6.45) is 7.01. The predicted octanol–water partition coefficient (Wildman–Crippen LogP) is 3.73. The number of fused-ring (bicyclic) bond motifs is 3. The molecule has 0 aliphatic rings. The smallest absolute Gasteiger partial charge is 0.146 e. The Labute approximate surface area is 144 Å². The largest absolute Gasteiger partial charge is 0.303 e. The lowest BCUT2D eigenvalue weighted by Gasteiger charge is -2.02. The van der Waals surface area contributed by atoms with E-state index in [1.807, 2.05) is 25.3 Å². The minimum absolute atomic E-state index is 0.599. The van der Waals surface area contributed by atoms with Crippen LogP contribution in [0.3, 0.4) is 0 Å². The number of hydrogen-bond acceptors (Lipinski definition) is 4. The van der Waals surface area contributed by atoms with Crippen LogP contribution in [0.1, 0.15) is 22.9 Å². The van der Waals surface area contributed by atoms with Crippen molar-refractivity contribution >= 4 is 28.2 Å². The van der Waals surface area contributed by atoms with Gasteiger partial charge in [0.2, 0.25) is 0 Å². The van der Waals surface area contributed by atoms with Gasteiger partial charge in [0.15, 0.2) is 0 Å². The van der Waals surface area contributed by atoms with Gasteiger partial charge in [-0.25, -0.2) is 15.0 Å². The zero-order valence-electron chi connectivity index (χ0n) is 13.5. The number of hydrogen-bond donors (Lipinski definition) is 0. The summed E-state index contributed by atoms with van der Waals surface area (Å²) in [6, 6.07) is 6.02. The summed E-state index contributed by atoms with van der Waals surface area (Å²) in [6.45, 7) is 3.98. The fourth-order valence-electron chi connectivity index (χ4n) is 2.91.